The second kappa shape index (κ2) is 6.70. The average molecular weight is 406 g/mol. The number of ketones is 1. The lowest BCUT2D eigenvalue weighted by Gasteiger charge is -2.08. The molecule has 0 spiro atoms. The summed E-state index contributed by atoms with van der Waals surface area (Å²) in [5.74, 6) is 0.157. The van der Waals surface area contributed by atoms with Gasteiger partial charge in [-0.2, -0.15) is 0 Å². The maximum Gasteiger partial charge on any atom is 0.229 e. The van der Waals surface area contributed by atoms with Crippen molar-refractivity contribution in [2.75, 3.05) is 5.32 Å². The van der Waals surface area contributed by atoms with E-state index < -0.39 is 0 Å². The second-order valence-corrected chi connectivity index (χ2v) is 8.19. The molecule has 0 radical (unpaired) electrons. The van der Waals surface area contributed by atoms with Gasteiger partial charge in [0.15, 0.2) is 16.6 Å². The monoisotopic (exact) mass is 406 g/mol. The minimum absolute atomic E-state index is 0.0123. The van der Waals surface area contributed by atoms with Crippen molar-refractivity contribution in [3.05, 3.63) is 35.9 Å². The molecule has 0 atom stereocenters. The number of carbonyl (C=O) groups excluding carboxylic acids is 2. The van der Waals surface area contributed by atoms with Crippen LogP contribution in [0.1, 0.15) is 42.2 Å². The van der Waals surface area contributed by atoms with Gasteiger partial charge in [-0.05, 0) is 37.5 Å². The highest BCUT2D eigenvalue weighted by Crippen LogP contribution is 2.35. The van der Waals surface area contributed by atoms with Gasteiger partial charge in [-0.1, -0.05) is 18.3 Å². The van der Waals surface area contributed by atoms with Crippen molar-refractivity contribution < 1.29 is 9.59 Å². The van der Waals surface area contributed by atoms with Crippen LogP contribution in [0.4, 0.5) is 5.13 Å². The molecular weight excluding hydrogens is 388 g/mol. The summed E-state index contributed by atoms with van der Waals surface area (Å²) in [6, 6.07) is 3.74. The number of nitrogens with zero attached hydrogens (tertiary/aromatic N) is 5. The van der Waals surface area contributed by atoms with E-state index in [1.165, 1.54) is 11.3 Å². The molecule has 8 nitrogen and oxygen atoms in total. The minimum Gasteiger partial charge on any atom is -0.302 e. The van der Waals surface area contributed by atoms with Gasteiger partial charge in [0.25, 0.3) is 0 Å². The quantitative estimate of drug-likeness (QED) is 0.508. The van der Waals surface area contributed by atoms with E-state index in [2.05, 4.69) is 25.5 Å². The lowest BCUT2D eigenvalue weighted by atomic mass is 10.0. The van der Waals surface area contributed by atoms with E-state index >= 15 is 0 Å². The van der Waals surface area contributed by atoms with Crippen LogP contribution in [0, 0.1) is 12.8 Å². The Bertz CT molecular complexity index is 1290. The predicted octanol–water partition coefficient (Wildman–Crippen LogP) is 3.65. The molecule has 1 fully saturated rings. The molecule has 9 heteroatoms. The van der Waals surface area contributed by atoms with Gasteiger partial charge in [0, 0.05) is 29.7 Å². The Balaban J connectivity index is 1.62. The molecule has 0 aliphatic heterocycles. The van der Waals surface area contributed by atoms with Gasteiger partial charge in [0.05, 0.1) is 0 Å². The van der Waals surface area contributed by atoms with E-state index in [9.17, 15) is 9.59 Å². The number of thiazole rings is 1. The van der Waals surface area contributed by atoms with Gasteiger partial charge in [-0.25, -0.2) is 4.98 Å². The molecule has 4 aromatic heterocycles. The zero-order valence-corrected chi connectivity index (χ0v) is 16.8. The smallest absolute Gasteiger partial charge is 0.229 e. The molecule has 29 heavy (non-hydrogen) atoms. The fourth-order valence-electron chi connectivity index (χ4n) is 3.34. The fourth-order valence-corrected chi connectivity index (χ4v) is 4.26. The first-order chi connectivity index (χ1) is 14.0. The summed E-state index contributed by atoms with van der Waals surface area (Å²) in [5.41, 5.74) is 4.52. The molecule has 146 valence electrons. The molecule has 1 aliphatic rings. The molecule has 4 aromatic rings. The number of aryl methyl sites for hydroxylation is 1. The summed E-state index contributed by atoms with van der Waals surface area (Å²) >= 11 is 1.40. The molecule has 1 saturated carbocycles. The Morgan fingerprint density at radius 2 is 2.10 bits per heavy atom. The van der Waals surface area contributed by atoms with Crippen LogP contribution in [0.25, 0.3) is 27.1 Å². The molecule has 1 amide bonds. The third-order valence-corrected chi connectivity index (χ3v) is 6.09. The predicted molar refractivity (Wildman–Crippen MR) is 110 cm³/mol. The number of anilines is 1. The highest BCUT2D eigenvalue weighted by Gasteiger charge is 2.30. The van der Waals surface area contributed by atoms with E-state index in [-0.39, 0.29) is 17.6 Å². The summed E-state index contributed by atoms with van der Waals surface area (Å²) in [7, 11) is 0. The van der Waals surface area contributed by atoms with Crippen LogP contribution >= 0.6 is 11.3 Å². The molecule has 1 N–H and O–H groups in total. The van der Waals surface area contributed by atoms with Crippen LogP contribution in [-0.2, 0) is 4.79 Å². The van der Waals surface area contributed by atoms with Gasteiger partial charge < -0.3 is 5.32 Å². The summed E-state index contributed by atoms with van der Waals surface area (Å²) in [5, 5.41) is 11.8. The zero-order chi connectivity index (χ0) is 20.1. The normalized spacial score (nSPS) is 13.9. The van der Waals surface area contributed by atoms with Crippen LogP contribution in [0.2, 0.25) is 0 Å². The molecule has 0 aromatic carbocycles. The number of rotatable bonds is 5. The van der Waals surface area contributed by atoms with Crippen LogP contribution in [0.5, 0.6) is 0 Å². The summed E-state index contributed by atoms with van der Waals surface area (Å²) < 4.78 is 1.87. The number of pyridine rings is 2. The fraction of sp³-hybridized carbons (Fsp3) is 0.300. The summed E-state index contributed by atoms with van der Waals surface area (Å²) in [6.45, 7) is 3.77. The maximum atomic E-state index is 12.1. The summed E-state index contributed by atoms with van der Waals surface area (Å²) in [4.78, 5) is 33.9. The van der Waals surface area contributed by atoms with Crippen molar-refractivity contribution in [1.82, 2.24) is 24.6 Å². The number of Topliss-reactive ketones (excluding diaryl/α,β-unsaturated/α-hetero) is 1. The van der Waals surface area contributed by atoms with Crippen molar-refractivity contribution in [2.24, 2.45) is 5.92 Å². The largest absolute Gasteiger partial charge is 0.302 e. The first-order valence-electron chi connectivity index (χ1n) is 9.49. The topological polar surface area (TPSA) is 102 Å². The highest BCUT2D eigenvalue weighted by atomic mass is 32.1. The van der Waals surface area contributed by atoms with E-state index in [4.69, 9.17) is 0 Å². The van der Waals surface area contributed by atoms with Crippen LogP contribution < -0.4 is 5.32 Å². The molecule has 0 bridgehead atoms. The second-order valence-electron chi connectivity index (χ2n) is 7.22. The Hall–Kier alpha value is -3.20. The molecule has 1 aliphatic carbocycles. The number of carbonyl (C=O) groups is 2. The molecule has 0 saturated heterocycles. The molecular formula is C20H18N6O2S. The molecule has 5 rings (SSSR count). The zero-order valence-electron chi connectivity index (χ0n) is 16.0. The standard InChI is InChI=1S/C20H18N6O2S/c1-3-16(27)14-6-10(2)13(8-21-14)12-7-15-19(26-9-22-25-17(12)26)29-20(23-15)24-18(28)11-4-5-11/h6-9,11H,3-5H2,1-2H3,(H,23,24,28). The van der Waals surface area contributed by atoms with E-state index in [0.717, 1.165) is 39.9 Å². The Morgan fingerprint density at radius 1 is 1.28 bits per heavy atom. The number of fused-ring (bicyclic) bond motifs is 3. The lowest BCUT2D eigenvalue weighted by molar-refractivity contribution is -0.117. The van der Waals surface area contributed by atoms with E-state index in [0.29, 0.717) is 22.9 Å². The number of aromatic nitrogens is 5. The van der Waals surface area contributed by atoms with Gasteiger partial charge >= 0.3 is 0 Å². The number of hydrogen-bond donors (Lipinski definition) is 1. The Labute approximate surface area is 170 Å². The number of nitrogens with one attached hydrogen (secondary N) is 1. The van der Waals surface area contributed by atoms with Crippen molar-refractivity contribution in [3.63, 3.8) is 0 Å². The number of amides is 1. The van der Waals surface area contributed by atoms with Gasteiger partial charge in [-0.3, -0.25) is 19.0 Å². The van der Waals surface area contributed by atoms with Crippen LogP contribution in [-0.4, -0.2) is 36.3 Å². The third-order valence-electron chi connectivity index (χ3n) is 5.11. The van der Waals surface area contributed by atoms with Gasteiger partial charge in [-0.15, -0.1) is 10.2 Å². The Morgan fingerprint density at radius 3 is 2.83 bits per heavy atom. The first-order valence-corrected chi connectivity index (χ1v) is 10.3. The number of hydrogen-bond acceptors (Lipinski definition) is 7. The van der Waals surface area contributed by atoms with E-state index in [1.807, 2.05) is 24.3 Å². The van der Waals surface area contributed by atoms with Crippen LogP contribution in [0.15, 0.2) is 24.7 Å². The minimum atomic E-state index is 0.0123. The van der Waals surface area contributed by atoms with Crippen molar-refractivity contribution in [2.45, 2.75) is 33.1 Å². The lowest BCUT2D eigenvalue weighted by Crippen LogP contribution is -2.12. The van der Waals surface area contributed by atoms with Crippen LogP contribution in [0.3, 0.4) is 0 Å². The van der Waals surface area contributed by atoms with Gasteiger partial charge in [0.2, 0.25) is 5.91 Å². The van der Waals surface area contributed by atoms with Crippen molar-refractivity contribution >= 4 is 44.2 Å². The van der Waals surface area contributed by atoms with E-state index in [1.54, 1.807) is 18.6 Å². The SMILES string of the molecule is CCC(=O)c1cc(C)c(-c2cc3nc(NC(=O)C4CC4)sc3n3cnnc23)cn1. The average Bonchev–Trinajstić information content (AvgIpc) is 3.31. The summed E-state index contributed by atoms with van der Waals surface area (Å²) in [6.07, 6.45) is 5.65. The molecule has 0 unspecified atom stereocenters. The van der Waals surface area contributed by atoms with Crippen molar-refractivity contribution in [3.8, 4) is 11.1 Å². The van der Waals surface area contributed by atoms with Gasteiger partial charge in [0.1, 0.15) is 22.4 Å². The first kappa shape index (κ1) is 17.9. The highest BCUT2D eigenvalue weighted by molar-refractivity contribution is 7.22. The van der Waals surface area contributed by atoms with Crippen molar-refractivity contribution in [1.29, 1.82) is 0 Å². The Kier molecular flexibility index (Phi) is 4.13. The molecule has 4 heterocycles. The third kappa shape index (κ3) is 3.07. The maximum absolute atomic E-state index is 12.1.